The Morgan fingerprint density at radius 2 is 1.75 bits per heavy atom. The minimum atomic E-state index is -0.393. The Morgan fingerprint density at radius 3 is 2.43 bits per heavy atom. The first-order valence-corrected chi connectivity index (χ1v) is 8.50. The molecule has 0 fully saturated rings. The highest BCUT2D eigenvalue weighted by Crippen LogP contribution is 2.17. The molecule has 0 saturated carbocycles. The molecular formula is C21H17N5O2. The van der Waals surface area contributed by atoms with Gasteiger partial charge in [0.05, 0.1) is 11.6 Å². The first-order chi connectivity index (χ1) is 13.4. The van der Waals surface area contributed by atoms with E-state index in [1.807, 2.05) is 6.07 Å². The molecule has 1 heterocycles. The van der Waals surface area contributed by atoms with Gasteiger partial charge in [-0.15, -0.1) is 0 Å². The Labute approximate surface area is 162 Å². The lowest BCUT2D eigenvalue weighted by atomic mass is 10.1. The highest BCUT2D eigenvalue weighted by Gasteiger charge is 2.12. The third-order valence-corrected chi connectivity index (χ3v) is 3.88. The van der Waals surface area contributed by atoms with E-state index in [-0.39, 0.29) is 17.4 Å². The first kappa shape index (κ1) is 18.7. The summed E-state index contributed by atoms with van der Waals surface area (Å²) in [6.07, 6.45) is 0. The van der Waals surface area contributed by atoms with Crippen molar-refractivity contribution in [1.29, 1.82) is 5.26 Å². The largest absolute Gasteiger partial charge is 0.324 e. The first-order valence-electron chi connectivity index (χ1n) is 8.50. The number of rotatable bonds is 5. The van der Waals surface area contributed by atoms with Gasteiger partial charge in [0.2, 0.25) is 5.95 Å². The van der Waals surface area contributed by atoms with Crippen LogP contribution in [0.25, 0.3) is 0 Å². The van der Waals surface area contributed by atoms with E-state index < -0.39 is 5.91 Å². The lowest BCUT2D eigenvalue weighted by molar-refractivity contribution is 0.101. The van der Waals surface area contributed by atoms with Crippen molar-refractivity contribution in [3.05, 3.63) is 77.1 Å². The SMILES string of the molecule is CC(=O)c1cccc(Nc2nc(C)cc(C(=O)Nc3ccc(C#N)cc3)n2)c1. The molecule has 2 aromatic carbocycles. The van der Waals surface area contributed by atoms with Crippen LogP contribution in [-0.2, 0) is 0 Å². The molecule has 0 saturated heterocycles. The number of anilines is 3. The van der Waals surface area contributed by atoms with E-state index in [1.54, 1.807) is 61.5 Å². The van der Waals surface area contributed by atoms with Gasteiger partial charge < -0.3 is 10.6 Å². The van der Waals surface area contributed by atoms with Crippen LogP contribution < -0.4 is 10.6 Å². The fraction of sp³-hybridized carbons (Fsp3) is 0.0952. The number of nitrogens with one attached hydrogen (secondary N) is 2. The number of hydrogen-bond acceptors (Lipinski definition) is 6. The summed E-state index contributed by atoms with van der Waals surface area (Å²) in [6.45, 7) is 3.26. The van der Waals surface area contributed by atoms with Gasteiger partial charge in [-0.25, -0.2) is 9.97 Å². The Balaban J connectivity index is 1.80. The smallest absolute Gasteiger partial charge is 0.274 e. The molecule has 0 aliphatic rings. The molecule has 0 bridgehead atoms. The summed E-state index contributed by atoms with van der Waals surface area (Å²) in [5, 5.41) is 14.6. The van der Waals surface area contributed by atoms with Gasteiger partial charge >= 0.3 is 0 Å². The fourth-order valence-electron chi connectivity index (χ4n) is 2.51. The molecule has 28 heavy (non-hydrogen) atoms. The van der Waals surface area contributed by atoms with Crippen molar-refractivity contribution in [2.24, 2.45) is 0 Å². The number of amides is 1. The molecule has 3 rings (SSSR count). The van der Waals surface area contributed by atoms with Gasteiger partial charge in [-0.05, 0) is 56.3 Å². The maximum absolute atomic E-state index is 12.5. The number of hydrogen-bond donors (Lipinski definition) is 2. The zero-order chi connectivity index (χ0) is 20.1. The Morgan fingerprint density at radius 1 is 1.00 bits per heavy atom. The predicted octanol–water partition coefficient (Wildman–Crippen LogP) is 3.86. The van der Waals surface area contributed by atoms with E-state index in [0.29, 0.717) is 28.2 Å². The number of benzene rings is 2. The van der Waals surface area contributed by atoms with E-state index in [0.717, 1.165) is 0 Å². The van der Waals surface area contributed by atoms with Gasteiger partial charge in [-0.3, -0.25) is 9.59 Å². The second-order valence-electron chi connectivity index (χ2n) is 6.12. The summed E-state index contributed by atoms with van der Waals surface area (Å²) < 4.78 is 0. The van der Waals surface area contributed by atoms with Crippen LogP contribution in [0, 0.1) is 18.3 Å². The minimum absolute atomic E-state index is 0.0451. The van der Waals surface area contributed by atoms with Crippen molar-refractivity contribution in [2.75, 3.05) is 10.6 Å². The van der Waals surface area contributed by atoms with E-state index in [1.165, 1.54) is 6.92 Å². The van der Waals surface area contributed by atoms with Crippen LogP contribution >= 0.6 is 0 Å². The number of aryl methyl sites for hydroxylation is 1. The molecule has 3 aromatic rings. The van der Waals surface area contributed by atoms with Crippen molar-refractivity contribution in [3.8, 4) is 6.07 Å². The molecular weight excluding hydrogens is 354 g/mol. The second kappa shape index (κ2) is 8.10. The van der Waals surface area contributed by atoms with Gasteiger partial charge in [0.15, 0.2) is 5.78 Å². The zero-order valence-electron chi connectivity index (χ0n) is 15.4. The molecule has 7 heteroatoms. The lowest BCUT2D eigenvalue weighted by Gasteiger charge is -2.09. The van der Waals surface area contributed by atoms with Crippen LogP contribution in [0.3, 0.4) is 0 Å². The summed E-state index contributed by atoms with van der Waals surface area (Å²) in [4.78, 5) is 32.6. The van der Waals surface area contributed by atoms with Crippen molar-refractivity contribution in [2.45, 2.75) is 13.8 Å². The number of carbonyl (C=O) groups is 2. The summed E-state index contributed by atoms with van der Waals surface area (Å²) in [7, 11) is 0. The number of carbonyl (C=O) groups excluding carboxylic acids is 2. The van der Waals surface area contributed by atoms with Crippen LogP contribution in [0.15, 0.2) is 54.6 Å². The molecule has 1 amide bonds. The van der Waals surface area contributed by atoms with E-state index in [9.17, 15) is 9.59 Å². The normalized spacial score (nSPS) is 10.0. The van der Waals surface area contributed by atoms with Gasteiger partial charge in [0.1, 0.15) is 5.69 Å². The summed E-state index contributed by atoms with van der Waals surface area (Å²) in [6, 6.07) is 17.1. The van der Waals surface area contributed by atoms with Crippen LogP contribution in [0.1, 0.15) is 39.0 Å². The Hall–Kier alpha value is -4.05. The van der Waals surface area contributed by atoms with Crippen LogP contribution in [-0.4, -0.2) is 21.7 Å². The van der Waals surface area contributed by atoms with E-state index in [4.69, 9.17) is 5.26 Å². The number of ketones is 1. The van der Waals surface area contributed by atoms with E-state index in [2.05, 4.69) is 20.6 Å². The topological polar surface area (TPSA) is 108 Å². The Bertz CT molecular complexity index is 1080. The number of aromatic nitrogens is 2. The third kappa shape index (κ3) is 4.56. The van der Waals surface area contributed by atoms with Crippen LogP contribution in [0.5, 0.6) is 0 Å². The molecule has 1 aromatic heterocycles. The summed E-state index contributed by atoms with van der Waals surface area (Å²) in [5.41, 5.74) is 3.10. The van der Waals surface area contributed by atoms with E-state index >= 15 is 0 Å². The molecule has 0 aliphatic carbocycles. The standard InChI is InChI=1S/C21H17N5O2/c1-13-10-19(20(28)24-17-8-6-15(12-22)7-9-17)26-21(23-13)25-18-5-3-4-16(11-18)14(2)27/h3-11H,1-2H3,(H,24,28)(H,23,25,26). The highest BCUT2D eigenvalue weighted by atomic mass is 16.2. The van der Waals surface area contributed by atoms with Crippen molar-refractivity contribution in [3.63, 3.8) is 0 Å². The highest BCUT2D eigenvalue weighted by molar-refractivity contribution is 6.03. The average Bonchev–Trinajstić information content (AvgIpc) is 2.68. The molecule has 0 atom stereocenters. The monoisotopic (exact) mass is 371 g/mol. The van der Waals surface area contributed by atoms with Crippen LogP contribution in [0.2, 0.25) is 0 Å². The molecule has 7 nitrogen and oxygen atoms in total. The van der Waals surface area contributed by atoms with Crippen molar-refractivity contribution < 1.29 is 9.59 Å². The average molecular weight is 371 g/mol. The number of nitrogens with zero attached hydrogens (tertiary/aromatic N) is 3. The quantitative estimate of drug-likeness (QED) is 0.660. The number of nitriles is 1. The van der Waals surface area contributed by atoms with Gasteiger partial charge in [-0.2, -0.15) is 5.26 Å². The minimum Gasteiger partial charge on any atom is -0.324 e. The third-order valence-electron chi connectivity index (χ3n) is 3.88. The fourth-order valence-corrected chi connectivity index (χ4v) is 2.51. The molecule has 0 unspecified atom stereocenters. The lowest BCUT2D eigenvalue weighted by Crippen LogP contribution is -2.15. The van der Waals surface area contributed by atoms with Crippen molar-refractivity contribution in [1.82, 2.24) is 9.97 Å². The summed E-state index contributed by atoms with van der Waals surface area (Å²) in [5.74, 6) is -0.183. The Kier molecular flexibility index (Phi) is 5.42. The number of Topliss-reactive ketones (excluding diaryl/α,β-unsaturated/α-hetero) is 1. The second-order valence-corrected chi connectivity index (χ2v) is 6.12. The maximum Gasteiger partial charge on any atom is 0.274 e. The molecule has 0 radical (unpaired) electrons. The molecule has 138 valence electrons. The van der Waals surface area contributed by atoms with Crippen molar-refractivity contribution >= 4 is 29.0 Å². The van der Waals surface area contributed by atoms with Gasteiger partial charge in [-0.1, -0.05) is 12.1 Å². The van der Waals surface area contributed by atoms with Gasteiger partial charge in [0, 0.05) is 22.6 Å². The molecule has 2 N–H and O–H groups in total. The maximum atomic E-state index is 12.5. The molecule has 0 aliphatic heterocycles. The summed E-state index contributed by atoms with van der Waals surface area (Å²) >= 11 is 0. The molecule has 0 spiro atoms. The zero-order valence-corrected chi connectivity index (χ0v) is 15.4. The van der Waals surface area contributed by atoms with Gasteiger partial charge in [0.25, 0.3) is 5.91 Å². The predicted molar refractivity (Wildman–Crippen MR) is 106 cm³/mol. The van der Waals surface area contributed by atoms with Crippen LogP contribution in [0.4, 0.5) is 17.3 Å².